The quantitative estimate of drug-likeness (QED) is 0.928. The molecule has 1 atom stereocenters. The third-order valence-electron chi connectivity index (χ3n) is 5.54. The standard InChI is InChI=1S/C20H26N2O2/c23-20(8-7-17-5-3-13-24-17)22-11-9-15(10-12-22)19-14-16-4-1-2-6-18(16)21-19/h1-2,4,6,14-15,17,21H,3,5,7-13H2/t17-/m0/s1. The summed E-state index contributed by atoms with van der Waals surface area (Å²) in [6.07, 6.45) is 6.22. The number of piperidine rings is 1. The summed E-state index contributed by atoms with van der Waals surface area (Å²) in [5.41, 5.74) is 2.53. The maximum absolute atomic E-state index is 12.4. The molecule has 0 spiro atoms. The van der Waals surface area contributed by atoms with Gasteiger partial charge in [0.05, 0.1) is 6.10 Å². The predicted molar refractivity (Wildman–Crippen MR) is 95.1 cm³/mol. The molecule has 0 bridgehead atoms. The second-order valence-electron chi connectivity index (χ2n) is 7.14. The van der Waals surface area contributed by atoms with E-state index in [9.17, 15) is 4.79 Å². The SMILES string of the molecule is O=C(CC[C@@H]1CCCO1)N1CCC(c2cc3ccccc3[nH]2)CC1. The van der Waals surface area contributed by atoms with Gasteiger partial charge in [0.1, 0.15) is 0 Å². The number of nitrogens with one attached hydrogen (secondary N) is 1. The van der Waals surface area contributed by atoms with Crippen molar-refractivity contribution in [3.05, 3.63) is 36.0 Å². The van der Waals surface area contributed by atoms with Crippen LogP contribution < -0.4 is 0 Å². The number of carbonyl (C=O) groups excluding carboxylic acids is 1. The van der Waals surface area contributed by atoms with Crippen LogP contribution in [0, 0.1) is 0 Å². The molecule has 4 nitrogen and oxygen atoms in total. The summed E-state index contributed by atoms with van der Waals surface area (Å²) in [5, 5.41) is 1.28. The molecule has 0 aliphatic carbocycles. The van der Waals surface area contributed by atoms with Gasteiger partial charge in [-0.15, -0.1) is 0 Å². The molecular weight excluding hydrogens is 300 g/mol. The summed E-state index contributed by atoms with van der Waals surface area (Å²) < 4.78 is 5.62. The fraction of sp³-hybridized carbons (Fsp3) is 0.550. The van der Waals surface area contributed by atoms with E-state index in [1.165, 1.54) is 16.6 Å². The third-order valence-corrected chi connectivity index (χ3v) is 5.54. The Bertz CT molecular complexity index is 661. The molecule has 2 aliphatic heterocycles. The van der Waals surface area contributed by atoms with E-state index in [1.807, 2.05) is 4.90 Å². The number of aromatic nitrogens is 1. The zero-order chi connectivity index (χ0) is 16.4. The number of nitrogens with zero attached hydrogens (tertiary/aromatic N) is 1. The molecule has 0 saturated carbocycles. The highest BCUT2D eigenvalue weighted by atomic mass is 16.5. The number of likely N-dealkylation sites (tertiary alicyclic amines) is 1. The molecule has 0 unspecified atom stereocenters. The van der Waals surface area contributed by atoms with Crippen LogP contribution in [0.2, 0.25) is 0 Å². The molecule has 1 amide bonds. The van der Waals surface area contributed by atoms with Crippen LogP contribution in [0.3, 0.4) is 0 Å². The molecule has 4 heteroatoms. The number of rotatable bonds is 4. The number of amides is 1. The Morgan fingerprint density at radius 1 is 1.21 bits per heavy atom. The second-order valence-corrected chi connectivity index (χ2v) is 7.14. The summed E-state index contributed by atoms with van der Waals surface area (Å²) in [5.74, 6) is 0.847. The number of hydrogen-bond acceptors (Lipinski definition) is 2. The molecule has 128 valence electrons. The number of benzene rings is 1. The summed E-state index contributed by atoms with van der Waals surface area (Å²) in [6, 6.07) is 10.7. The van der Waals surface area contributed by atoms with Crippen LogP contribution in [0.15, 0.2) is 30.3 Å². The Balaban J connectivity index is 1.30. The van der Waals surface area contributed by atoms with E-state index < -0.39 is 0 Å². The van der Waals surface area contributed by atoms with Gasteiger partial charge in [0.15, 0.2) is 0 Å². The van der Waals surface area contributed by atoms with Crippen molar-refractivity contribution in [2.24, 2.45) is 0 Å². The van der Waals surface area contributed by atoms with E-state index in [0.717, 1.165) is 51.8 Å². The van der Waals surface area contributed by atoms with Crippen LogP contribution in [0.5, 0.6) is 0 Å². The number of carbonyl (C=O) groups is 1. The Morgan fingerprint density at radius 3 is 2.79 bits per heavy atom. The maximum atomic E-state index is 12.4. The fourth-order valence-corrected chi connectivity index (χ4v) is 4.07. The van der Waals surface area contributed by atoms with Gasteiger partial charge in [-0.1, -0.05) is 18.2 Å². The highest BCUT2D eigenvalue weighted by molar-refractivity contribution is 5.80. The molecule has 2 saturated heterocycles. The highest BCUT2D eigenvalue weighted by Crippen LogP contribution is 2.30. The lowest BCUT2D eigenvalue weighted by Gasteiger charge is -2.32. The van der Waals surface area contributed by atoms with Crippen molar-refractivity contribution < 1.29 is 9.53 Å². The van der Waals surface area contributed by atoms with Gasteiger partial charge in [0.25, 0.3) is 0 Å². The average molecular weight is 326 g/mol. The smallest absolute Gasteiger partial charge is 0.222 e. The van der Waals surface area contributed by atoms with Gasteiger partial charge in [-0.3, -0.25) is 4.79 Å². The third kappa shape index (κ3) is 3.34. The molecule has 1 N–H and O–H groups in total. The first kappa shape index (κ1) is 15.7. The fourth-order valence-electron chi connectivity index (χ4n) is 4.07. The van der Waals surface area contributed by atoms with Crippen molar-refractivity contribution in [1.29, 1.82) is 0 Å². The number of H-pyrrole nitrogens is 1. The lowest BCUT2D eigenvalue weighted by atomic mass is 9.93. The monoisotopic (exact) mass is 326 g/mol. The van der Waals surface area contributed by atoms with E-state index in [0.29, 0.717) is 24.3 Å². The second kappa shape index (κ2) is 6.98. The molecule has 3 heterocycles. The minimum absolute atomic E-state index is 0.306. The van der Waals surface area contributed by atoms with Crippen LogP contribution in [0.4, 0.5) is 0 Å². The van der Waals surface area contributed by atoms with Gasteiger partial charge in [0, 0.05) is 43.2 Å². The topological polar surface area (TPSA) is 45.3 Å². The first-order valence-corrected chi connectivity index (χ1v) is 9.26. The lowest BCUT2D eigenvalue weighted by Crippen LogP contribution is -2.38. The van der Waals surface area contributed by atoms with Gasteiger partial charge < -0.3 is 14.6 Å². The Morgan fingerprint density at radius 2 is 2.04 bits per heavy atom. The zero-order valence-corrected chi connectivity index (χ0v) is 14.2. The van der Waals surface area contributed by atoms with Gasteiger partial charge >= 0.3 is 0 Å². The number of hydrogen-bond donors (Lipinski definition) is 1. The zero-order valence-electron chi connectivity index (χ0n) is 14.2. The van der Waals surface area contributed by atoms with Crippen LogP contribution in [-0.2, 0) is 9.53 Å². The Hall–Kier alpha value is -1.81. The Kier molecular flexibility index (Phi) is 4.56. The maximum Gasteiger partial charge on any atom is 0.222 e. The van der Waals surface area contributed by atoms with Crippen molar-refractivity contribution in [2.45, 2.75) is 50.5 Å². The van der Waals surface area contributed by atoms with Crippen molar-refractivity contribution in [3.63, 3.8) is 0 Å². The first-order valence-electron chi connectivity index (χ1n) is 9.26. The normalized spacial score (nSPS) is 22.3. The van der Waals surface area contributed by atoms with Crippen LogP contribution in [-0.4, -0.2) is 41.6 Å². The number of aromatic amines is 1. The molecule has 1 aromatic heterocycles. The lowest BCUT2D eigenvalue weighted by molar-refractivity contribution is -0.132. The summed E-state index contributed by atoms with van der Waals surface area (Å²) in [6.45, 7) is 2.63. The van der Waals surface area contributed by atoms with Crippen LogP contribution >= 0.6 is 0 Å². The number of fused-ring (bicyclic) bond motifs is 1. The molecule has 2 fully saturated rings. The van der Waals surface area contributed by atoms with Gasteiger partial charge in [-0.25, -0.2) is 0 Å². The molecule has 1 aromatic carbocycles. The molecular formula is C20H26N2O2. The van der Waals surface area contributed by atoms with Gasteiger partial charge in [-0.2, -0.15) is 0 Å². The summed E-state index contributed by atoms with van der Waals surface area (Å²) >= 11 is 0. The number of para-hydroxylation sites is 1. The average Bonchev–Trinajstić information content (AvgIpc) is 3.29. The van der Waals surface area contributed by atoms with Crippen LogP contribution in [0.25, 0.3) is 10.9 Å². The van der Waals surface area contributed by atoms with Crippen molar-refractivity contribution >= 4 is 16.8 Å². The molecule has 0 radical (unpaired) electrons. The first-order chi connectivity index (χ1) is 11.8. The Labute approximate surface area is 143 Å². The minimum atomic E-state index is 0.306. The number of ether oxygens (including phenoxy) is 1. The molecule has 4 rings (SSSR count). The van der Waals surface area contributed by atoms with Crippen LogP contribution in [0.1, 0.15) is 50.1 Å². The van der Waals surface area contributed by atoms with Crippen molar-refractivity contribution in [1.82, 2.24) is 9.88 Å². The summed E-state index contributed by atoms with van der Waals surface area (Å²) in [7, 11) is 0. The molecule has 24 heavy (non-hydrogen) atoms. The van der Waals surface area contributed by atoms with E-state index in [1.54, 1.807) is 0 Å². The van der Waals surface area contributed by atoms with Gasteiger partial charge in [0.2, 0.25) is 5.91 Å². The largest absolute Gasteiger partial charge is 0.378 e. The van der Waals surface area contributed by atoms with Crippen molar-refractivity contribution in [3.8, 4) is 0 Å². The molecule has 2 aliphatic rings. The molecule has 2 aromatic rings. The van der Waals surface area contributed by atoms with Crippen molar-refractivity contribution in [2.75, 3.05) is 19.7 Å². The highest BCUT2D eigenvalue weighted by Gasteiger charge is 2.25. The predicted octanol–water partition coefficient (Wildman–Crippen LogP) is 3.83. The summed E-state index contributed by atoms with van der Waals surface area (Å²) in [4.78, 5) is 18.0. The minimum Gasteiger partial charge on any atom is -0.378 e. The van der Waals surface area contributed by atoms with E-state index in [-0.39, 0.29) is 0 Å². The van der Waals surface area contributed by atoms with E-state index in [2.05, 4.69) is 35.3 Å². The van der Waals surface area contributed by atoms with E-state index in [4.69, 9.17) is 4.74 Å². The van der Waals surface area contributed by atoms with E-state index >= 15 is 0 Å². The van der Waals surface area contributed by atoms with Gasteiger partial charge in [-0.05, 0) is 49.6 Å².